The van der Waals surface area contributed by atoms with Gasteiger partial charge in [0.25, 0.3) is 0 Å². The largest absolute Gasteiger partial charge is 0.417 e. The summed E-state index contributed by atoms with van der Waals surface area (Å²) in [6.45, 7) is 3.44. The number of alkyl halides is 3. The van der Waals surface area contributed by atoms with E-state index in [9.17, 15) is 27.6 Å². The molecule has 1 aromatic rings. The Morgan fingerprint density at radius 3 is 2.15 bits per heavy atom. The monoisotopic (exact) mass is 563 g/mol. The normalized spacial score (nSPS) is 24.5. The number of likely N-dealkylation sites (tertiary alicyclic amines) is 3. The summed E-state index contributed by atoms with van der Waals surface area (Å²) in [5.41, 5.74) is -0.812. The molecule has 1 unspecified atom stereocenters. The molecular weight excluding hydrogens is 523 g/mol. The number of aromatic nitrogens is 1. The zero-order chi connectivity index (χ0) is 28.4. The molecule has 1 atom stereocenters. The molecule has 4 aliphatic rings. The Morgan fingerprint density at radius 2 is 1.60 bits per heavy atom. The Bertz CT molecular complexity index is 1060. The number of amides is 3. The third kappa shape index (κ3) is 6.29. The van der Waals surface area contributed by atoms with Crippen LogP contribution in [0.4, 0.5) is 19.0 Å². The highest BCUT2D eigenvalue weighted by Crippen LogP contribution is 2.34. The van der Waals surface area contributed by atoms with Crippen molar-refractivity contribution in [1.29, 1.82) is 0 Å². The molecule has 0 bridgehead atoms. The van der Waals surface area contributed by atoms with E-state index >= 15 is 0 Å². The van der Waals surface area contributed by atoms with E-state index in [2.05, 4.69) is 9.88 Å². The van der Waals surface area contributed by atoms with E-state index in [0.717, 1.165) is 83.1 Å². The molecule has 1 aliphatic carbocycles. The van der Waals surface area contributed by atoms with Gasteiger partial charge in [-0.3, -0.25) is 19.3 Å². The maximum absolute atomic E-state index is 13.7. The second-order valence-corrected chi connectivity index (χ2v) is 11.9. The lowest BCUT2D eigenvalue weighted by atomic mass is 9.87. The van der Waals surface area contributed by atoms with Gasteiger partial charge in [0.1, 0.15) is 5.82 Å². The van der Waals surface area contributed by atoms with Crippen molar-refractivity contribution in [3.8, 4) is 0 Å². The summed E-state index contributed by atoms with van der Waals surface area (Å²) >= 11 is 0. The number of halogens is 3. The van der Waals surface area contributed by atoms with Crippen LogP contribution in [-0.2, 0) is 20.6 Å². The van der Waals surface area contributed by atoms with Crippen molar-refractivity contribution >= 4 is 23.5 Å². The van der Waals surface area contributed by atoms with Gasteiger partial charge in [0, 0.05) is 70.4 Å². The fraction of sp³-hybridized carbons (Fsp3) is 0.724. The van der Waals surface area contributed by atoms with Crippen LogP contribution < -0.4 is 4.90 Å². The fourth-order valence-electron chi connectivity index (χ4n) is 6.97. The van der Waals surface area contributed by atoms with Crippen molar-refractivity contribution < 1.29 is 27.6 Å². The van der Waals surface area contributed by atoms with Crippen LogP contribution in [0.3, 0.4) is 0 Å². The lowest BCUT2D eigenvalue weighted by Crippen LogP contribution is -2.54. The van der Waals surface area contributed by atoms with Crippen LogP contribution >= 0.6 is 0 Å². The summed E-state index contributed by atoms with van der Waals surface area (Å²) in [6, 6.07) is 2.61. The third-order valence-electron chi connectivity index (χ3n) is 9.36. The van der Waals surface area contributed by atoms with Crippen molar-refractivity contribution in [2.75, 3.05) is 44.7 Å². The van der Waals surface area contributed by atoms with Gasteiger partial charge in [-0.25, -0.2) is 4.98 Å². The van der Waals surface area contributed by atoms with Crippen molar-refractivity contribution in [2.45, 2.75) is 82.5 Å². The van der Waals surface area contributed by atoms with Crippen molar-refractivity contribution in [3.05, 3.63) is 23.9 Å². The topological polar surface area (TPSA) is 77.1 Å². The average molecular weight is 564 g/mol. The smallest absolute Gasteiger partial charge is 0.345 e. The molecule has 4 fully saturated rings. The first-order valence-corrected chi connectivity index (χ1v) is 14.7. The molecule has 3 amide bonds. The minimum atomic E-state index is -4.47. The highest BCUT2D eigenvalue weighted by atomic mass is 19.4. The summed E-state index contributed by atoms with van der Waals surface area (Å²) in [6.07, 6.45) is 4.61. The zero-order valence-corrected chi connectivity index (χ0v) is 23.2. The van der Waals surface area contributed by atoms with Gasteiger partial charge in [-0.2, -0.15) is 13.2 Å². The molecule has 40 heavy (non-hydrogen) atoms. The average Bonchev–Trinajstić information content (AvgIpc) is 3.31. The highest BCUT2D eigenvalue weighted by Gasteiger charge is 2.39. The molecule has 1 saturated carbocycles. The summed E-state index contributed by atoms with van der Waals surface area (Å²) in [5.74, 6) is 0.0662. The SMILES string of the molecule is CN1CC(C(=O)N2CCC(N3CCC(N(C(=O)C4CCCCC4)c4ccc(C(F)(F)F)cn4)CC3)CC2)CC1=O. The Kier molecular flexibility index (Phi) is 8.68. The van der Waals surface area contributed by atoms with Crippen LogP contribution in [0.1, 0.15) is 69.8 Å². The predicted molar refractivity (Wildman–Crippen MR) is 143 cm³/mol. The lowest BCUT2D eigenvalue weighted by Gasteiger charge is -2.44. The van der Waals surface area contributed by atoms with E-state index < -0.39 is 11.7 Å². The number of hydrogen-bond donors (Lipinski definition) is 0. The van der Waals surface area contributed by atoms with Gasteiger partial charge in [0.15, 0.2) is 0 Å². The predicted octanol–water partition coefficient (Wildman–Crippen LogP) is 3.95. The molecule has 3 aliphatic heterocycles. The van der Waals surface area contributed by atoms with E-state index in [0.29, 0.717) is 37.9 Å². The van der Waals surface area contributed by atoms with Gasteiger partial charge in [0.2, 0.25) is 17.7 Å². The van der Waals surface area contributed by atoms with E-state index in [-0.39, 0.29) is 35.6 Å². The van der Waals surface area contributed by atoms with E-state index in [1.54, 1.807) is 16.8 Å². The van der Waals surface area contributed by atoms with E-state index in [1.807, 2.05) is 4.90 Å². The number of nitrogens with zero attached hydrogens (tertiary/aromatic N) is 5. The first kappa shape index (κ1) is 28.8. The maximum Gasteiger partial charge on any atom is 0.417 e. The van der Waals surface area contributed by atoms with Crippen molar-refractivity contribution in [3.63, 3.8) is 0 Å². The van der Waals surface area contributed by atoms with E-state index in [4.69, 9.17) is 0 Å². The van der Waals surface area contributed by atoms with Crippen LogP contribution in [0.25, 0.3) is 0 Å². The Hall–Kier alpha value is -2.69. The minimum Gasteiger partial charge on any atom is -0.345 e. The van der Waals surface area contributed by atoms with Crippen LogP contribution in [0, 0.1) is 11.8 Å². The number of anilines is 1. The molecule has 11 heteroatoms. The summed E-state index contributed by atoms with van der Waals surface area (Å²) in [4.78, 5) is 50.3. The molecular formula is C29H40F3N5O3. The Labute approximate surface area is 233 Å². The zero-order valence-electron chi connectivity index (χ0n) is 23.2. The molecule has 1 aromatic heterocycles. The van der Waals surface area contributed by atoms with Crippen molar-refractivity contribution in [2.24, 2.45) is 11.8 Å². The van der Waals surface area contributed by atoms with Crippen LogP contribution in [-0.4, -0.2) is 89.3 Å². The number of hydrogen-bond acceptors (Lipinski definition) is 5. The van der Waals surface area contributed by atoms with Crippen LogP contribution in [0.15, 0.2) is 18.3 Å². The standard InChI is InChI=1S/C29H40F3N5O3/c1-34-19-21(17-26(34)38)27(39)36-15-9-23(10-16-36)35-13-11-24(12-14-35)37(28(40)20-5-3-2-4-6-20)25-8-7-22(18-33-25)29(30,31)32/h7-8,18,20-21,23-24H,2-6,9-17,19H2,1H3. The molecule has 4 heterocycles. The summed E-state index contributed by atoms with van der Waals surface area (Å²) in [5, 5.41) is 0. The molecule has 0 aromatic carbocycles. The Balaban J connectivity index is 1.20. The molecule has 0 spiro atoms. The molecule has 0 N–H and O–H groups in total. The number of rotatable bonds is 5. The van der Waals surface area contributed by atoms with Crippen molar-refractivity contribution in [1.82, 2.24) is 19.7 Å². The van der Waals surface area contributed by atoms with Gasteiger partial charge in [-0.15, -0.1) is 0 Å². The molecule has 220 valence electrons. The summed E-state index contributed by atoms with van der Waals surface area (Å²) < 4.78 is 39.5. The number of carbonyl (C=O) groups excluding carboxylic acids is 3. The fourth-order valence-corrected chi connectivity index (χ4v) is 6.97. The van der Waals surface area contributed by atoms with Crippen LogP contribution in [0.2, 0.25) is 0 Å². The second kappa shape index (κ2) is 12.0. The highest BCUT2D eigenvalue weighted by molar-refractivity contribution is 5.95. The van der Waals surface area contributed by atoms with Gasteiger partial charge < -0.3 is 14.7 Å². The first-order valence-electron chi connectivity index (χ1n) is 14.7. The molecule has 8 nitrogen and oxygen atoms in total. The van der Waals surface area contributed by atoms with Gasteiger partial charge in [-0.05, 0) is 50.7 Å². The summed E-state index contributed by atoms with van der Waals surface area (Å²) in [7, 11) is 1.74. The van der Waals surface area contributed by atoms with E-state index in [1.165, 1.54) is 6.07 Å². The number of pyridine rings is 1. The Morgan fingerprint density at radius 1 is 0.925 bits per heavy atom. The molecule has 3 saturated heterocycles. The van der Waals surface area contributed by atoms with Gasteiger partial charge >= 0.3 is 6.18 Å². The number of carbonyl (C=O) groups is 3. The minimum absolute atomic E-state index is 0.00623. The maximum atomic E-state index is 13.7. The second-order valence-electron chi connectivity index (χ2n) is 11.9. The van der Waals surface area contributed by atoms with Gasteiger partial charge in [-0.1, -0.05) is 19.3 Å². The van der Waals surface area contributed by atoms with Crippen LogP contribution in [0.5, 0.6) is 0 Å². The molecule has 5 rings (SSSR count). The van der Waals surface area contributed by atoms with Gasteiger partial charge in [0.05, 0.1) is 11.5 Å². The third-order valence-corrected chi connectivity index (χ3v) is 9.36. The molecule has 0 radical (unpaired) electrons. The lowest BCUT2D eigenvalue weighted by molar-refractivity contribution is -0.138. The number of piperidine rings is 2. The first-order chi connectivity index (χ1) is 19.1. The quantitative estimate of drug-likeness (QED) is 0.543.